The van der Waals surface area contributed by atoms with E-state index >= 15 is 0 Å². The first-order valence-corrected chi connectivity index (χ1v) is 8.74. The number of benzene rings is 2. The molecule has 3 rings (SSSR count). The van der Waals surface area contributed by atoms with Gasteiger partial charge in [-0.25, -0.2) is 0 Å². The molecule has 0 aromatic heterocycles. The van der Waals surface area contributed by atoms with Gasteiger partial charge in [0, 0.05) is 24.1 Å². The van der Waals surface area contributed by atoms with Gasteiger partial charge in [-0.05, 0) is 37.1 Å². The summed E-state index contributed by atoms with van der Waals surface area (Å²) in [6.07, 6.45) is -4.57. The molecule has 1 aliphatic rings. The Morgan fingerprint density at radius 2 is 1.67 bits per heavy atom. The lowest BCUT2D eigenvalue weighted by molar-refractivity contribution is -0.138. The van der Waals surface area contributed by atoms with Crippen LogP contribution in [0, 0.1) is 0 Å². The molecule has 1 aliphatic heterocycles. The molecule has 0 aliphatic carbocycles. The third-order valence-electron chi connectivity index (χ3n) is 4.40. The van der Waals surface area contributed by atoms with Crippen molar-refractivity contribution in [1.82, 2.24) is 0 Å². The number of fused-ring (bicyclic) bond motifs is 1. The van der Waals surface area contributed by atoms with Gasteiger partial charge in [0.2, 0.25) is 5.91 Å². The summed E-state index contributed by atoms with van der Waals surface area (Å²) in [5.41, 5.74) is 0.369. The Morgan fingerprint density at radius 1 is 1.04 bits per heavy atom. The van der Waals surface area contributed by atoms with E-state index < -0.39 is 17.7 Å². The number of alkyl halides is 3. The summed E-state index contributed by atoms with van der Waals surface area (Å²) in [6.45, 7) is 4.41. The van der Waals surface area contributed by atoms with Gasteiger partial charge in [0.05, 0.1) is 18.8 Å². The second-order valence-corrected chi connectivity index (χ2v) is 6.14. The van der Waals surface area contributed by atoms with Crippen LogP contribution in [0.2, 0.25) is 0 Å². The number of anilines is 1. The van der Waals surface area contributed by atoms with Crippen LogP contribution < -0.4 is 14.8 Å². The largest absolute Gasteiger partial charge is 0.490 e. The van der Waals surface area contributed by atoms with E-state index in [0.29, 0.717) is 36.0 Å². The molecule has 0 bridgehead atoms. The van der Waals surface area contributed by atoms with Gasteiger partial charge in [0.1, 0.15) is 0 Å². The molecule has 27 heavy (non-hydrogen) atoms. The molecule has 4 nitrogen and oxygen atoms in total. The molecule has 2 aromatic carbocycles. The predicted octanol–water partition coefficient (Wildman–Crippen LogP) is 4.98. The van der Waals surface area contributed by atoms with Crippen LogP contribution in [-0.4, -0.2) is 19.1 Å². The van der Waals surface area contributed by atoms with Crippen LogP contribution >= 0.6 is 0 Å². The molecule has 1 atom stereocenters. The normalized spacial score (nSPS) is 16.5. The summed E-state index contributed by atoms with van der Waals surface area (Å²) in [4.78, 5) is 12.2. The highest BCUT2D eigenvalue weighted by Gasteiger charge is 2.38. The Morgan fingerprint density at radius 3 is 2.30 bits per heavy atom. The van der Waals surface area contributed by atoms with Gasteiger partial charge >= 0.3 is 6.18 Å². The monoisotopic (exact) mass is 379 g/mol. The Kier molecular flexibility index (Phi) is 5.30. The minimum absolute atomic E-state index is 0.0698. The van der Waals surface area contributed by atoms with Crippen LogP contribution in [-0.2, 0) is 11.0 Å². The van der Waals surface area contributed by atoms with Gasteiger partial charge < -0.3 is 14.8 Å². The molecule has 1 heterocycles. The summed E-state index contributed by atoms with van der Waals surface area (Å²) < 4.78 is 51.6. The van der Waals surface area contributed by atoms with Crippen molar-refractivity contribution in [3.05, 3.63) is 53.1 Å². The van der Waals surface area contributed by atoms with Crippen molar-refractivity contribution in [2.45, 2.75) is 32.4 Å². The zero-order valence-corrected chi connectivity index (χ0v) is 15.0. The molecule has 1 N–H and O–H groups in total. The molecule has 2 aromatic rings. The number of nitrogens with one attached hydrogen (secondary N) is 1. The van der Waals surface area contributed by atoms with Crippen molar-refractivity contribution in [3.63, 3.8) is 0 Å². The fourth-order valence-electron chi connectivity index (χ4n) is 3.34. The third kappa shape index (κ3) is 3.86. The summed E-state index contributed by atoms with van der Waals surface area (Å²) in [5, 5.41) is 2.73. The molecule has 0 saturated heterocycles. The molecule has 0 saturated carbocycles. The van der Waals surface area contributed by atoms with Crippen LogP contribution in [0.25, 0.3) is 0 Å². The zero-order chi connectivity index (χ0) is 19.6. The molecule has 1 unspecified atom stereocenters. The van der Waals surface area contributed by atoms with Gasteiger partial charge in [0.25, 0.3) is 0 Å². The van der Waals surface area contributed by atoms with E-state index in [2.05, 4.69) is 5.32 Å². The number of halogens is 3. The Bertz CT molecular complexity index is 849. The second kappa shape index (κ2) is 7.50. The van der Waals surface area contributed by atoms with Gasteiger partial charge in [-0.1, -0.05) is 18.2 Å². The first kappa shape index (κ1) is 19.1. The molecule has 0 radical (unpaired) electrons. The number of carbonyl (C=O) groups excluding carboxylic acids is 1. The van der Waals surface area contributed by atoms with Crippen molar-refractivity contribution in [2.75, 3.05) is 18.5 Å². The maximum Gasteiger partial charge on any atom is 0.416 e. The van der Waals surface area contributed by atoms with Crippen LogP contribution in [0.1, 0.15) is 42.9 Å². The van der Waals surface area contributed by atoms with Gasteiger partial charge in [0.15, 0.2) is 11.5 Å². The van der Waals surface area contributed by atoms with Crippen LogP contribution in [0.15, 0.2) is 36.4 Å². The fraction of sp³-hybridized carbons (Fsp3) is 0.350. The van der Waals surface area contributed by atoms with E-state index in [1.807, 2.05) is 13.8 Å². The number of ether oxygens (including phenoxy) is 2. The fourth-order valence-corrected chi connectivity index (χ4v) is 3.34. The smallest absolute Gasteiger partial charge is 0.416 e. The van der Waals surface area contributed by atoms with Gasteiger partial charge in [-0.3, -0.25) is 4.79 Å². The van der Waals surface area contributed by atoms with Crippen molar-refractivity contribution in [2.24, 2.45) is 0 Å². The first-order valence-electron chi connectivity index (χ1n) is 8.74. The standard InChI is InChI=1S/C20H20F3NO3/c1-3-26-17-9-14-13(12-7-5-6-8-15(12)20(21,22)23)10-19(25)24-16(14)11-18(17)27-4-2/h5-9,11,13H,3-4,10H2,1-2H3,(H,24,25). The number of rotatable bonds is 5. The SMILES string of the molecule is CCOc1cc2c(cc1OCC)C(c1ccccc1C(F)(F)F)CC(=O)N2. The van der Waals surface area contributed by atoms with Gasteiger partial charge in [-0.15, -0.1) is 0 Å². The van der Waals surface area contributed by atoms with Crippen molar-refractivity contribution in [1.29, 1.82) is 0 Å². The third-order valence-corrected chi connectivity index (χ3v) is 4.40. The Labute approximate surface area is 155 Å². The molecular weight excluding hydrogens is 359 g/mol. The number of carbonyl (C=O) groups is 1. The van der Waals surface area contributed by atoms with Crippen molar-refractivity contribution < 1.29 is 27.4 Å². The van der Waals surface area contributed by atoms with Crippen molar-refractivity contribution >= 4 is 11.6 Å². The van der Waals surface area contributed by atoms with E-state index in [-0.39, 0.29) is 17.9 Å². The summed E-state index contributed by atoms with van der Waals surface area (Å²) in [5.74, 6) is -0.163. The topological polar surface area (TPSA) is 47.6 Å². The van der Waals surface area contributed by atoms with E-state index in [0.717, 1.165) is 6.07 Å². The maximum atomic E-state index is 13.5. The number of amides is 1. The highest BCUT2D eigenvalue weighted by molar-refractivity contribution is 5.96. The second-order valence-electron chi connectivity index (χ2n) is 6.14. The molecule has 144 valence electrons. The molecule has 7 heteroatoms. The highest BCUT2D eigenvalue weighted by atomic mass is 19.4. The number of hydrogen-bond acceptors (Lipinski definition) is 3. The molecule has 1 amide bonds. The van der Waals surface area contributed by atoms with Crippen LogP contribution in [0.5, 0.6) is 11.5 Å². The minimum Gasteiger partial charge on any atom is -0.490 e. The molecule has 0 spiro atoms. The zero-order valence-electron chi connectivity index (χ0n) is 15.0. The van der Waals surface area contributed by atoms with Crippen molar-refractivity contribution in [3.8, 4) is 11.5 Å². The lowest BCUT2D eigenvalue weighted by Gasteiger charge is -2.29. The minimum atomic E-state index is -4.50. The predicted molar refractivity (Wildman–Crippen MR) is 95.3 cm³/mol. The van der Waals surface area contributed by atoms with Crippen LogP contribution in [0.4, 0.5) is 18.9 Å². The van der Waals surface area contributed by atoms with E-state index in [4.69, 9.17) is 9.47 Å². The molecular formula is C20H20F3NO3. The average molecular weight is 379 g/mol. The Hall–Kier alpha value is -2.70. The highest BCUT2D eigenvalue weighted by Crippen LogP contribution is 2.46. The van der Waals surface area contributed by atoms with E-state index in [1.165, 1.54) is 12.1 Å². The van der Waals surface area contributed by atoms with Crippen LogP contribution in [0.3, 0.4) is 0 Å². The maximum absolute atomic E-state index is 13.5. The van der Waals surface area contributed by atoms with Gasteiger partial charge in [-0.2, -0.15) is 13.2 Å². The van der Waals surface area contributed by atoms with E-state index in [9.17, 15) is 18.0 Å². The number of hydrogen-bond donors (Lipinski definition) is 1. The lowest BCUT2D eigenvalue weighted by atomic mass is 9.82. The summed E-state index contributed by atoms with van der Waals surface area (Å²) >= 11 is 0. The Balaban J connectivity index is 2.16. The summed E-state index contributed by atoms with van der Waals surface area (Å²) in [7, 11) is 0. The quantitative estimate of drug-likeness (QED) is 0.797. The summed E-state index contributed by atoms with van der Waals surface area (Å²) in [6, 6.07) is 8.64. The first-order chi connectivity index (χ1) is 12.8. The van der Waals surface area contributed by atoms with E-state index in [1.54, 1.807) is 18.2 Å². The average Bonchev–Trinajstić information content (AvgIpc) is 2.61. The molecule has 0 fully saturated rings. The lowest BCUT2D eigenvalue weighted by Crippen LogP contribution is -2.25.